The van der Waals surface area contributed by atoms with Crippen LogP contribution in [0.4, 0.5) is 0 Å². The summed E-state index contributed by atoms with van der Waals surface area (Å²) in [6.45, 7) is 5.30. The molecule has 0 amide bonds. The van der Waals surface area contributed by atoms with Crippen molar-refractivity contribution in [2.45, 2.75) is 45.7 Å². The van der Waals surface area contributed by atoms with Gasteiger partial charge in [0, 0.05) is 30.0 Å². The molecular formula is C12H20N2OS. The van der Waals surface area contributed by atoms with Crippen molar-refractivity contribution >= 4 is 11.3 Å². The highest BCUT2D eigenvalue weighted by Crippen LogP contribution is 2.37. The summed E-state index contributed by atoms with van der Waals surface area (Å²) in [5, 5.41) is 16.2. The zero-order valence-corrected chi connectivity index (χ0v) is 10.8. The quantitative estimate of drug-likeness (QED) is 0.847. The Morgan fingerprint density at radius 3 is 3.12 bits per heavy atom. The second kappa shape index (κ2) is 4.82. The van der Waals surface area contributed by atoms with Gasteiger partial charge in [0.25, 0.3) is 0 Å². The Kier molecular flexibility index (Phi) is 3.62. The van der Waals surface area contributed by atoms with Gasteiger partial charge >= 0.3 is 0 Å². The van der Waals surface area contributed by atoms with Crippen LogP contribution in [0, 0.1) is 12.3 Å². The Labute approximate surface area is 101 Å². The van der Waals surface area contributed by atoms with E-state index in [0.717, 1.165) is 23.7 Å². The first-order valence-electron chi connectivity index (χ1n) is 5.89. The molecule has 1 aliphatic carbocycles. The van der Waals surface area contributed by atoms with Crippen molar-refractivity contribution in [3.8, 4) is 0 Å². The summed E-state index contributed by atoms with van der Waals surface area (Å²) >= 11 is 1.69. The molecule has 1 aromatic rings. The molecular weight excluding hydrogens is 220 g/mol. The molecule has 0 aliphatic heterocycles. The van der Waals surface area contributed by atoms with Crippen LogP contribution in [0.15, 0.2) is 5.38 Å². The van der Waals surface area contributed by atoms with Gasteiger partial charge in [-0.1, -0.05) is 13.3 Å². The average molecular weight is 240 g/mol. The lowest BCUT2D eigenvalue weighted by Crippen LogP contribution is -2.41. The van der Waals surface area contributed by atoms with Crippen LogP contribution >= 0.6 is 11.3 Å². The van der Waals surface area contributed by atoms with E-state index in [1.54, 1.807) is 11.3 Å². The molecule has 2 N–H and O–H groups in total. The Balaban J connectivity index is 1.90. The third-order valence-corrected chi connectivity index (χ3v) is 4.46. The van der Waals surface area contributed by atoms with E-state index in [0.29, 0.717) is 6.04 Å². The lowest BCUT2D eigenvalue weighted by atomic mass is 9.86. The lowest BCUT2D eigenvalue weighted by Gasteiger charge is -2.30. The van der Waals surface area contributed by atoms with Crippen molar-refractivity contribution in [2.24, 2.45) is 5.41 Å². The van der Waals surface area contributed by atoms with Crippen LogP contribution in [0.25, 0.3) is 0 Å². The number of thiazole rings is 1. The van der Waals surface area contributed by atoms with E-state index in [4.69, 9.17) is 0 Å². The van der Waals surface area contributed by atoms with E-state index >= 15 is 0 Å². The standard InChI is InChI=1S/C12H20N2OS/c1-9-14-10(7-16-9)6-13-11-4-3-5-12(11,2)8-15/h7,11,13,15H,3-6,8H2,1-2H3. The van der Waals surface area contributed by atoms with Crippen molar-refractivity contribution in [3.63, 3.8) is 0 Å². The molecule has 1 fully saturated rings. The number of aromatic nitrogens is 1. The molecule has 1 aromatic heterocycles. The number of hydrogen-bond donors (Lipinski definition) is 2. The van der Waals surface area contributed by atoms with Crippen LogP contribution in [0.2, 0.25) is 0 Å². The fraction of sp³-hybridized carbons (Fsp3) is 0.750. The van der Waals surface area contributed by atoms with E-state index < -0.39 is 0 Å². The molecule has 0 aromatic carbocycles. The Bertz CT molecular complexity index is 353. The highest BCUT2D eigenvalue weighted by Gasteiger charge is 2.37. The van der Waals surface area contributed by atoms with Gasteiger partial charge in [-0.3, -0.25) is 0 Å². The molecule has 0 radical (unpaired) electrons. The predicted molar refractivity (Wildman–Crippen MR) is 66.5 cm³/mol. The summed E-state index contributed by atoms with van der Waals surface area (Å²) in [7, 11) is 0. The molecule has 0 bridgehead atoms. The van der Waals surface area contributed by atoms with Crippen LogP contribution < -0.4 is 5.32 Å². The van der Waals surface area contributed by atoms with Crippen LogP contribution in [-0.2, 0) is 6.54 Å². The van der Waals surface area contributed by atoms with Gasteiger partial charge in [-0.05, 0) is 19.8 Å². The van der Waals surface area contributed by atoms with E-state index in [-0.39, 0.29) is 12.0 Å². The Morgan fingerprint density at radius 1 is 1.69 bits per heavy atom. The summed E-state index contributed by atoms with van der Waals surface area (Å²) in [4.78, 5) is 4.44. The van der Waals surface area contributed by atoms with Gasteiger partial charge in [-0.2, -0.15) is 0 Å². The maximum atomic E-state index is 9.44. The number of nitrogens with zero attached hydrogens (tertiary/aromatic N) is 1. The SMILES string of the molecule is Cc1nc(CNC2CCCC2(C)CO)cs1. The minimum absolute atomic E-state index is 0.0606. The third kappa shape index (κ3) is 2.44. The van der Waals surface area contributed by atoms with Crippen LogP contribution in [0.3, 0.4) is 0 Å². The van der Waals surface area contributed by atoms with Crippen LogP contribution in [-0.4, -0.2) is 22.7 Å². The monoisotopic (exact) mass is 240 g/mol. The highest BCUT2D eigenvalue weighted by atomic mass is 32.1. The summed E-state index contributed by atoms with van der Waals surface area (Å²) < 4.78 is 0. The molecule has 1 heterocycles. The smallest absolute Gasteiger partial charge is 0.0897 e. The molecule has 3 nitrogen and oxygen atoms in total. The van der Waals surface area contributed by atoms with Crippen molar-refractivity contribution in [2.75, 3.05) is 6.61 Å². The number of hydrogen-bond acceptors (Lipinski definition) is 4. The number of nitrogens with one attached hydrogen (secondary N) is 1. The summed E-state index contributed by atoms with van der Waals surface area (Å²) in [6.07, 6.45) is 3.50. The molecule has 1 aliphatic rings. The molecule has 90 valence electrons. The van der Waals surface area contributed by atoms with Crippen molar-refractivity contribution in [1.29, 1.82) is 0 Å². The normalized spacial score (nSPS) is 29.8. The molecule has 16 heavy (non-hydrogen) atoms. The van der Waals surface area contributed by atoms with Gasteiger partial charge in [-0.25, -0.2) is 4.98 Å². The van der Waals surface area contributed by atoms with Crippen molar-refractivity contribution in [3.05, 3.63) is 16.1 Å². The van der Waals surface area contributed by atoms with Crippen LogP contribution in [0.1, 0.15) is 36.9 Å². The van der Waals surface area contributed by atoms with Gasteiger partial charge in [0.2, 0.25) is 0 Å². The largest absolute Gasteiger partial charge is 0.396 e. The maximum absolute atomic E-state index is 9.44. The molecule has 4 heteroatoms. The molecule has 2 atom stereocenters. The van der Waals surface area contributed by atoms with Crippen molar-refractivity contribution < 1.29 is 5.11 Å². The first-order chi connectivity index (χ1) is 7.64. The molecule has 2 rings (SSSR count). The highest BCUT2D eigenvalue weighted by molar-refractivity contribution is 7.09. The van der Waals surface area contributed by atoms with Gasteiger partial charge < -0.3 is 10.4 Å². The zero-order valence-electron chi connectivity index (χ0n) is 9.99. The Morgan fingerprint density at radius 2 is 2.50 bits per heavy atom. The first-order valence-corrected chi connectivity index (χ1v) is 6.77. The first kappa shape index (κ1) is 12.0. The fourth-order valence-corrected chi connectivity index (χ4v) is 3.10. The van der Waals surface area contributed by atoms with E-state index in [2.05, 4.69) is 22.6 Å². The number of aliphatic hydroxyl groups is 1. The van der Waals surface area contributed by atoms with Gasteiger partial charge in [0.15, 0.2) is 0 Å². The van der Waals surface area contributed by atoms with E-state index in [1.807, 2.05) is 6.92 Å². The van der Waals surface area contributed by atoms with E-state index in [1.165, 1.54) is 12.8 Å². The summed E-state index contributed by atoms with van der Waals surface area (Å²) in [6, 6.07) is 0.430. The van der Waals surface area contributed by atoms with Crippen LogP contribution in [0.5, 0.6) is 0 Å². The summed E-state index contributed by atoms with van der Waals surface area (Å²) in [5.74, 6) is 0. The number of aliphatic hydroxyl groups excluding tert-OH is 1. The molecule has 1 saturated carbocycles. The van der Waals surface area contributed by atoms with E-state index in [9.17, 15) is 5.11 Å². The summed E-state index contributed by atoms with van der Waals surface area (Å²) in [5.41, 5.74) is 1.18. The fourth-order valence-electron chi connectivity index (χ4n) is 2.49. The van der Waals surface area contributed by atoms with Gasteiger partial charge in [-0.15, -0.1) is 11.3 Å². The minimum atomic E-state index is 0.0606. The number of rotatable bonds is 4. The van der Waals surface area contributed by atoms with Gasteiger partial charge in [0.1, 0.15) is 0 Å². The predicted octanol–water partition coefficient (Wildman–Crippen LogP) is 2.09. The second-order valence-corrected chi connectivity index (χ2v) is 6.06. The maximum Gasteiger partial charge on any atom is 0.0897 e. The number of aryl methyl sites for hydroxylation is 1. The molecule has 0 spiro atoms. The average Bonchev–Trinajstić information content (AvgIpc) is 2.83. The second-order valence-electron chi connectivity index (χ2n) is 5.00. The zero-order chi connectivity index (χ0) is 11.6. The molecule has 2 unspecified atom stereocenters. The third-order valence-electron chi connectivity index (χ3n) is 3.64. The minimum Gasteiger partial charge on any atom is -0.396 e. The topological polar surface area (TPSA) is 45.2 Å². The lowest BCUT2D eigenvalue weighted by molar-refractivity contribution is 0.118. The molecule has 0 saturated heterocycles. The van der Waals surface area contributed by atoms with Crippen molar-refractivity contribution in [1.82, 2.24) is 10.3 Å². The van der Waals surface area contributed by atoms with Gasteiger partial charge in [0.05, 0.1) is 10.7 Å². The Hall–Kier alpha value is -0.450.